The average molecular weight is 335 g/mol. The van der Waals surface area contributed by atoms with Crippen LogP contribution in [0, 0.1) is 6.92 Å². The van der Waals surface area contributed by atoms with Gasteiger partial charge in [0, 0.05) is 18.7 Å². The van der Waals surface area contributed by atoms with Crippen molar-refractivity contribution in [2.75, 3.05) is 6.54 Å². The Morgan fingerprint density at radius 2 is 1.76 bits per heavy atom. The smallest absolute Gasteiger partial charge is 0.124 e. The summed E-state index contributed by atoms with van der Waals surface area (Å²) in [6, 6.07) is 20.7. The minimum atomic E-state index is -0.369. The van der Waals surface area contributed by atoms with Crippen LogP contribution in [-0.2, 0) is 13.2 Å². The van der Waals surface area contributed by atoms with Crippen molar-refractivity contribution in [2.24, 2.45) is 0 Å². The quantitative estimate of drug-likeness (QED) is 0.680. The fourth-order valence-electron chi connectivity index (χ4n) is 2.97. The van der Waals surface area contributed by atoms with Crippen molar-refractivity contribution in [3.05, 3.63) is 77.4 Å². The lowest BCUT2D eigenvalue weighted by Crippen LogP contribution is -2.24. The van der Waals surface area contributed by atoms with Gasteiger partial charge in [-0.3, -0.25) is 0 Å². The lowest BCUT2D eigenvalue weighted by atomic mass is 10.0. The molecule has 0 aromatic heterocycles. The number of fused-ring (bicyclic) bond motifs is 1. The van der Waals surface area contributed by atoms with Gasteiger partial charge in [-0.15, -0.1) is 0 Å². The predicted octanol–water partition coefficient (Wildman–Crippen LogP) is 4.20. The van der Waals surface area contributed by atoms with E-state index in [1.54, 1.807) is 6.92 Å². The van der Waals surface area contributed by atoms with Crippen LogP contribution in [0.4, 0.5) is 0 Å². The summed E-state index contributed by atoms with van der Waals surface area (Å²) >= 11 is 0. The summed E-state index contributed by atoms with van der Waals surface area (Å²) in [6.45, 7) is 5.65. The monoisotopic (exact) mass is 335 g/mol. The summed E-state index contributed by atoms with van der Waals surface area (Å²) in [5, 5.41) is 15.2. The summed E-state index contributed by atoms with van der Waals surface area (Å²) in [5.41, 5.74) is 3.56. The molecule has 2 N–H and O–H groups in total. The van der Waals surface area contributed by atoms with Crippen LogP contribution >= 0.6 is 0 Å². The number of nitrogens with one attached hydrogen (secondary N) is 1. The van der Waals surface area contributed by atoms with Crippen molar-refractivity contribution >= 4 is 10.8 Å². The highest BCUT2D eigenvalue weighted by Gasteiger charge is 2.10. The minimum absolute atomic E-state index is 0.369. The molecule has 0 aliphatic heterocycles. The summed E-state index contributed by atoms with van der Waals surface area (Å²) in [5.74, 6) is 0.889. The first-order valence-corrected chi connectivity index (χ1v) is 8.72. The van der Waals surface area contributed by atoms with Gasteiger partial charge in [-0.05, 0) is 41.8 Å². The first kappa shape index (κ1) is 17.5. The van der Waals surface area contributed by atoms with Gasteiger partial charge in [0.15, 0.2) is 0 Å². The predicted molar refractivity (Wildman–Crippen MR) is 103 cm³/mol. The van der Waals surface area contributed by atoms with Gasteiger partial charge < -0.3 is 15.2 Å². The van der Waals surface area contributed by atoms with Crippen molar-refractivity contribution in [1.29, 1.82) is 0 Å². The summed E-state index contributed by atoms with van der Waals surface area (Å²) in [6.07, 6.45) is -0.369. The second-order valence-corrected chi connectivity index (χ2v) is 6.46. The van der Waals surface area contributed by atoms with E-state index in [1.165, 1.54) is 21.9 Å². The normalized spacial score (nSPS) is 12.3. The van der Waals surface area contributed by atoms with Crippen LogP contribution < -0.4 is 10.1 Å². The number of aliphatic hydroxyl groups is 1. The standard InChI is InChI=1S/C22H25NO2/c1-16-7-3-4-9-19(16)15-25-22-12-11-18-8-5-6-10-20(18)21(22)14-23-13-17(2)24/h3-12,17,23-24H,13-15H2,1-2H3/t17-/m0/s1. The molecule has 3 rings (SSSR count). The second kappa shape index (κ2) is 8.15. The van der Waals surface area contributed by atoms with Gasteiger partial charge >= 0.3 is 0 Å². The summed E-state index contributed by atoms with van der Waals surface area (Å²) in [7, 11) is 0. The van der Waals surface area contributed by atoms with E-state index in [4.69, 9.17) is 4.74 Å². The van der Waals surface area contributed by atoms with Gasteiger partial charge in [0.1, 0.15) is 12.4 Å². The third-order valence-electron chi connectivity index (χ3n) is 4.38. The number of benzene rings is 3. The van der Waals surface area contributed by atoms with Crippen LogP contribution in [-0.4, -0.2) is 17.8 Å². The number of hydrogen-bond donors (Lipinski definition) is 2. The third kappa shape index (κ3) is 4.38. The van der Waals surface area contributed by atoms with Crippen LogP contribution in [0.5, 0.6) is 5.75 Å². The molecule has 3 aromatic carbocycles. The Hall–Kier alpha value is -2.36. The lowest BCUT2D eigenvalue weighted by molar-refractivity contribution is 0.190. The number of hydrogen-bond acceptors (Lipinski definition) is 3. The van der Waals surface area contributed by atoms with E-state index < -0.39 is 0 Å². The number of rotatable bonds is 7. The van der Waals surface area contributed by atoms with Crippen molar-refractivity contribution in [2.45, 2.75) is 33.1 Å². The Morgan fingerprint density at radius 1 is 1.00 bits per heavy atom. The second-order valence-electron chi connectivity index (χ2n) is 6.46. The Balaban J connectivity index is 1.86. The Morgan fingerprint density at radius 3 is 2.56 bits per heavy atom. The van der Waals surface area contributed by atoms with E-state index in [0.717, 1.165) is 11.3 Å². The highest BCUT2D eigenvalue weighted by Crippen LogP contribution is 2.29. The van der Waals surface area contributed by atoms with Gasteiger partial charge in [0.2, 0.25) is 0 Å². The maximum absolute atomic E-state index is 9.50. The zero-order chi connectivity index (χ0) is 17.6. The largest absolute Gasteiger partial charge is 0.489 e. The molecule has 25 heavy (non-hydrogen) atoms. The molecule has 130 valence electrons. The van der Waals surface area contributed by atoms with E-state index in [0.29, 0.717) is 19.7 Å². The Bertz CT molecular complexity index is 842. The maximum Gasteiger partial charge on any atom is 0.124 e. The van der Waals surface area contributed by atoms with Crippen LogP contribution in [0.15, 0.2) is 60.7 Å². The third-order valence-corrected chi connectivity index (χ3v) is 4.38. The first-order chi connectivity index (χ1) is 12.1. The molecule has 0 amide bonds. The lowest BCUT2D eigenvalue weighted by Gasteiger charge is -2.16. The van der Waals surface area contributed by atoms with E-state index in [2.05, 4.69) is 42.6 Å². The fourth-order valence-corrected chi connectivity index (χ4v) is 2.97. The highest BCUT2D eigenvalue weighted by molar-refractivity contribution is 5.87. The number of aryl methyl sites for hydroxylation is 1. The van der Waals surface area contributed by atoms with Gasteiger partial charge in [-0.2, -0.15) is 0 Å². The van der Waals surface area contributed by atoms with E-state index >= 15 is 0 Å². The zero-order valence-electron chi connectivity index (χ0n) is 14.8. The number of ether oxygens (including phenoxy) is 1. The summed E-state index contributed by atoms with van der Waals surface area (Å²) in [4.78, 5) is 0. The molecular formula is C22H25NO2. The molecule has 0 heterocycles. The molecule has 0 fully saturated rings. The van der Waals surface area contributed by atoms with Gasteiger partial charge in [-0.1, -0.05) is 54.6 Å². The molecule has 0 spiro atoms. The Labute approximate surface area is 149 Å². The van der Waals surface area contributed by atoms with E-state index in [1.807, 2.05) is 30.3 Å². The SMILES string of the molecule is Cc1ccccc1COc1ccc2ccccc2c1CNC[C@H](C)O. The molecular weight excluding hydrogens is 310 g/mol. The van der Waals surface area contributed by atoms with E-state index in [9.17, 15) is 5.11 Å². The van der Waals surface area contributed by atoms with Crippen LogP contribution in [0.1, 0.15) is 23.6 Å². The minimum Gasteiger partial charge on any atom is -0.489 e. The van der Waals surface area contributed by atoms with Crippen molar-refractivity contribution in [1.82, 2.24) is 5.32 Å². The van der Waals surface area contributed by atoms with Gasteiger partial charge in [-0.25, -0.2) is 0 Å². The molecule has 0 bridgehead atoms. The van der Waals surface area contributed by atoms with Crippen molar-refractivity contribution < 1.29 is 9.84 Å². The maximum atomic E-state index is 9.50. The fraction of sp³-hybridized carbons (Fsp3) is 0.273. The first-order valence-electron chi connectivity index (χ1n) is 8.72. The molecule has 0 saturated carbocycles. The Kier molecular flexibility index (Phi) is 5.69. The van der Waals surface area contributed by atoms with Crippen LogP contribution in [0.2, 0.25) is 0 Å². The van der Waals surface area contributed by atoms with Crippen molar-refractivity contribution in [3.8, 4) is 5.75 Å². The molecule has 0 aliphatic rings. The molecule has 1 atom stereocenters. The van der Waals surface area contributed by atoms with Crippen molar-refractivity contribution in [3.63, 3.8) is 0 Å². The zero-order valence-corrected chi connectivity index (χ0v) is 14.8. The number of aliphatic hydroxyl groups excluding tert-OH is 1. The molecule has 0 aliphatic carbocycles. The average Bonchev–Trinajstić information content (AvgIpc) is 2.61. The topological polar surface area (TPSA) is 41.5 Å². The van der Waals surface area contributed by atoms with Crippen LogP contribution in [0.25, 0.3) is 10.8 Å². The summed E-state index contributed by atoms with van der Waals surface area (Å²) < 4.78 is 6.17. The molecule has 3 aromatic rings. The van der Waals surface area contributed by atoms with Gasteiger partial charge in [0.25, 0.3) is 0 Å². The van der Waals surface area contributed by atoms with Gasteiger partial charge in [0.05, 0.1) is 6.10 Å². The molecule has 0 saturated heterocycles. The van der Waals surface area contributed by atoms with E-state index in [-0.39, 0.29) is 6.10 Å². The molecule has 3 nitrogen and oxygen atoms in total. The molecule has 0 unspecified atom stereocenters. The molecule has 3 heteroatoms. The molecule has 0 radical (unpaired) electrons. The highest BCUT2D eigenvalue weighted by atomic mass is 16.5. The van der Waals surface area contributed by atoms with Crippen LogP contribution in [0.3, 0.4) is 0 Å².